The van der Waals surface area contributed by atoms with Gasteiger partial charge in [-0.25, -0.2) is 4.57 Å². The van der Waals surface area contributed by atoms with Crippen molar-refractivity contribution in [3.05, 3.63) is 0 Å². The molecule has 0 bridgehead atoms. The van der Waals surface area contributed by atoms with Crippen molar-refractivity contribution in [1.82, 2.24) is 0 Å². The van der Waals surface area contributed by atoms with Gasteiger partial charge in [-0.15, -0.1) is 0 Å². The van der Waals surface area contributed by atoms with Crippen LogP contribution in [0.5, 0.6) is 0 Å². The highest BCUT2D eigenvalue weighted by Crippen LogP contribution is 2.37. The minimum Gasteiger partial charge on any atom is -0.391 e. The van der Waals surface area contributed by atoms with E-state index in [1.54, 1.807) is 0 Å². The average Bonchev–Trinajstić information content (AvgIpc) is 2.12. The molecule has 0 saturated carbocycles. The Labute approximate surface area is 62.0 Å². The van der Waals surface area contributed by atoms with Gasteiger partial charge >= 0.3 is 7.82 Å². The molecular formula is C3H7N2O5P. The first kappa shape index (κ1) is 8.48. The second-order valence-electron chi connectivity index (χ2n) is 1.91. The molecule has 0 saturated heterocycles. The minimum absolute atomic E-state index is 0.0787. The van der Waals surface area contributed by atoms with Gasteiger partial charge in [0.05, 0.1) is 0 Å². The van der Waals surface area contributed by atoms with Crippen LogP contribution in [0.15, 0.2) is 5.16 Å². The van der Waals surface area contributed by atoms with E-state index >= 15 is 0 Å². The molecule has 1 aliphatic heterocycles. The minimum atomic E-state index is -4.54. The molecule has 11 heavy (non-hydrogen) atoms. The van der Waals surface area contributed by atoms with Crippen LogP contribution in [0.3, 0.4) is 0 Å². The Bertz CT molecular complexity index is 222. The monoisotopic (exact) mass is 182 g/mol. The van der Waals surface area contributed by atoms with E-state index in [1.807, 2.05) is 0 Å². The molecule has 0 fully saturated rings. The Hall–Kier alpha value is -0.620. The number of phosphoric acid groups is 1. The number of nitrogens with zero attached hydrogens (tertiary/aromatic N) is 1. The molecule has 0 radical (unpaired) electrons. The van der Waals surface area contributed by atoms with E-state index < -0.39 is 13.9 Å². The number of hydrogen-bond donors (Lipinski definition) is 3. The molecule has 0 aromatic heterocycles. The second kappa shape index (κ2) is 2.78. The third kappa shape index (κ3) is 2.47. The molecule has 0 spiro atoms. The molecule has 1 rings (SSSR count). The van der Waals surface area contributed by atoms with E-state index in [0.717, 1.165) is 0 Å². The summed E-state index contributed by atoms with van der Waals surface area (Å²) in [4.78, 5) is 21.0. The first-order valence-corrected chi connectivity index (χ1v) is 4.22. The van der Waals surface area contributed by atoms with E-state index in [4.69, 9.17) is 15.5 Å². The summed E-state index contributed by atoms with van der Waals surface area (Å²) in [5.41, 5.74) is 5.26. The van der Waals surface area contributed by atoms with E-state index in [0.29, 0.717) is 0 Å². The molecule has 1 atom stereocenters. The highest BCUT2D eigenvalue weighted by atomic mass is 31.2. The zero-order valence-corrected chi connectivity index (χ0v) is 6.27. The van der Waals surface area contributed by atoms with Crippen molar-refractivity contribution in [1.29, 1.82) is 0 Å². The smallest absolute Gasteiger partial charge is 0.391 e. The van der Waals surface area contributed by atoms with Gasteiger partial charge in [-0.3, -0.25) is 9.79 Å². The Morgan fingerprint density at radius 2 is 2.45 bits per heavy atom. The normalized spacial score (nSPS) is 24.3. The van der Waals surface area contributed by atoms with Crippen LogP contribution in [0.2, 0.25) is 0 Å². The van der Waals surface area contributed by atoms with Crippen LogP contribution in [0.4, 0.5) is 0 Å². The third-order valence-electron chi connectivity index (χ3n) is 0.938. The van der Waals surface area contributed by atoms with E-state index in [1.165, 1.54) is 0 Å². The number of hydrogen-bond acceptors (Lipinski definition) is 5. The number of nitrogens with two attached hydrogens (primary N) is 1. The molecule has 0 unspecified atom stereocenters. The first-order chi connectivity index (χ1) is 4.99. The maximum atomic E-state index is 10.2. The van der Waals surface area contributed by atoms with Gasteiger partial charge in [0.1, 0.15) is 12.6 Å². The van der Waals surface area contributed by atoms with Crippen LogP contribution in [0.25, 0.3) is 0 Å². The molecule has 0 amide bonds. The molecule has 7 nitrogen and oxygen atoms in total. The fourth-order valence-electron chi connectivity index (χ4n) is 0.526. The van der Waals surface area contributed by atoms with Gasteiger partial charge < -0.3 is 15.1 Å². The maximum Gasteiger partial charge on any atom is 0.525 e. The quantitative estimate of drug-likeness (QED) is 0.437. The molecule has 64 valence electrons. The Morgan fingerprint density at radius 1 is 1.82 bits per heavy atom. The van der Waals surface area contributed by atoms with Crippen LogP contribution in [-0.2, 0) is 13.9 Å². The van der Waals surface area contributed by atoms with Gasteiger partial charge in [0.2, 0.25) is 0 Å². The van der Waals surface area contributed by atoms with Crippen molar-refractivity contribution in [2.24, 2.45) is 10.9 Å². The molecule has 8 heteroatoms. The molecule has 0 aromatic rings. The zero-order valence-electron chi connectivity index (χ0n) is 5.38. The lowest BCUT2D eigenvalue weighted by Crippen LogP contribution is -2.31. The predicted octanol–water partition coefficient (Wildman–Crippen LogP) is -1.23. The summed E-state index contributed by atoms with van der Waals surface area (Å²) in [5, 5.41) is 3.18. The summed E-state index contributed by atoms with van der Waals surface area (Å²) in [6.45, 7) is 0.0787. The predicted molar refractivity (Wildman–Crippen MR) is 34.5 cm³/mol. The van der Waals surface area contributed by atoms with Crippen molar-refractivity contribution < 1.29 is 23.7 Å². The van der Waals surface area contributed by atoms with Crippen molar-refractivity contribution in [3.63, 3.8) is 0 Å². The van der Waals surface area contributed by atoms with Crippen LogP contribution in [0.1, 0.15) is 0 Å². The molecule has 4 N–H and O–H groups in total. The van der Waals surface area contributed by atoms with Gasteiger partial charge in [0.15, 0.2) is 0 Å². The van der Waals surface area contributed by atoms with Crippen LogP contribution in [0, 0.1) is 0 Å². The van der Waals surface area contributed by atoms with Crippen molar-refractivity contribution >= 4 is 13.7 Å². The molecule has 1 aliphatic rings. The zero-order chi connectivity index (χ0) is 8.48. The van der Waals surface area contributed by atoms with E-state index in [2.05, 4.69) is 14.5 Å². The number of rotatable bonds is 1. The fraction of sp³-hybridized carbons (Fsp3) is 0.667. The lowest BCUT2D eigenvalue weighted by atomic mass is 10.3. The summed E-state index contributed by atoms with van der Waals surface area (Å²) >= 11 is 0. The number of phosphoric ester groups is 1. The van der Waals surface area contributed by atoms with Crippen molar-refractivity contribution in [3.8, 4) is 0 Å². The standard InChI is InChI=1S/C3H7N2O5P/c4-2-1-9-5-3(2)10-11(6,7)8/h2H,1,4H2,(H2,6,7,8)/t2-/m1/s1. The SMILES string of the molecule is N[C@@H]1CON=C1OP(=O)(O)O. The molecular weight excluding hydrogens is 175 g/mol. The summed E-state index contributed by atoms with van der Waals surface area (Å²) in [5.74, 6) is -0.265. The topological polar surface area (TPSA) is 114 Å². The van der Waals surface area contributed by atoms with Gasteiger partial charge in [0, 0.05) is 0 Å². The van der Waals surface area contributed by atoms with E-state index in [-0.39, 0.29) is 12.5 Å². The fourth-order valence-corrected chi connectivity index (χ4v) is 0.939. The summed E-state index contributed by atoms with van der Waals surface area (Å²) in [6.07, 6.45) is 0. The number of oxime groups is 1. The lowest BCUT2D eigenvalue weighted by molar-refractivity contribution is 0.166. The molecule has 0 aliphatic carbocycles. The summed E-state index contributed by atoms with van der Waals surface area (Å²) < 4.78 is 14.3. The van der Waals surface area contributed by atoms with Gasteiger partial charge in [-0.1, -0.05) is 0 Å². The van der Waals surface area contributed by atoms with Gasteiger partial charge in [-0.05, 0) is 5.16 Å². The molecule has 1 heterocycles. The highest BCUT2D eigenvalue weighted by molar-refractivity contribution is 7.46. The maximum absolute atomic E-state index is 10.2. The van der Waals surface area contributed by atoms with Gasteiger partial charge in [0.25, 0.3) is 5.90 Å². The lowest BCUT2D eigenvalue weighted by Gasteiger charge is -2.06. The average molecular weight is 182 g/mol. The van der Waals surface area contributed by atoms with E-state index in [9.17, 15) is 4.57 Å². The van der Waals surface area contributed by atoms with Crippen LogP contribution in [-0.4, -0.2) is 28.3 Å². The summed E-state index contributed by atoms with van der Waals surface area (Å²) in [6, 6.07) is -0.692. The highest BCUT2D eigenvalue weighted by Gasteiger charge is 2.28. The third-order valence-corrected chi connectivity index (χ3v) is 1.36. The summed E-state index contributed by atoms with van der Waals surface area (Å²) in [7, 11) is -4.54. The van der Waals surface area contributed by atoms with Crippen LogP contribution >= 0.6 is 7.82 Å². The Balaban J connectivity index is 2.56. The Morgan fingerprint density at radius 3 is 2.82 bits per heavy atom. The first-order valence-electron chi connectivity index (χ1n) is 2.69. The Kier molecular flexibility index (Phi) is 2.15. The second-order valence-corrected chi connectivity index (χ2v) is 3.08. The van der Waals surface area contributed by atoms with Crippen molar-refractivity contribution in [2.45, 2.75) is 6.04 Å². The van der Waals surface area contributed by atoms with Gasteiger partial charge in [-0.2, -0.15) is 0 Å². The molecule has 0 aromatic carbocycles. The largest absolute Gasteiger partial charge is 0.525 e. The van der Waals surface area contributed by atoms with Crippen LogP contribution < -0.4 is 5.73 Å². The van der Waals surface area contributed by atoms with Crippen molar-refractivity contribution in [2.75, 3.05) is 6.61 Å².